The molecule has 17 N–H and O–H groups in total. The topological polar surface area (TPSA) is 745 Å². The Kier molecular flexibility index (Phi) is 45.4. The molecule has 11 rings (SSSR count). The third kappa shape index (κ3) is 37.6. The molecule has 2 aromatic carbocycles. The van der Waals surface area contributed by atoms with Gasteiger partial charge in [0.1, 0.15) is 60.0 Å². The van der Waals surface area contributed by atoms with E-state index in [0.717, 1.165) is 43.2 Å². The highest BCUT2D eigenvalue weighted by molar-refractivity contribution is 8.00. The van der Waals surface area contributed by atoms with E-state index in [1.165, 1.54) is 36.4 Å². The number of phosphoric acid groups is 8. The SMILES string of the molecule is O=C(/C=C/C1=CC(C2CC(OP(=O)(O)OCCCOP(=O)(O)OCCCOP(=O)(O)OCC3OCCC3OP(=O)(O)OCC3OCCC3OP(=O)(O)OCCCO)C(COP(=O)(O)OCCCOP(=O)(O)OCCCOP(=O)(O)OCCCCCCNC(=O)CCCCC3SCC4NC(=O)NC43)O2)C(=O)NC1=O)NCCCCCCNC(=O)c1ccc2c(c1)C1(OC2=O)c2ccc(O)cc2OC2C=C(O)C=CC21. The molecule has 804 valence electrons. The molecule has 1 spiro atoms. The first-order valence-electron chi connectivity index (χ1n) is 46.2. The highest BCUT2D eigenvalue weighted by Gasteiger charge is 2.59. The van der Waals surface area contributed by atoms with Crippen LogP contribution in [-0.2, 0) is 153 Å². The summed E-state index contributed by atoms with van der Waals surface area (Å²) in [6.07, 6.45) is 3.48. The highest BCUT2D eigenvalue weighted by atomic mass is 32.2. The summed E-state index contributed by atoms with van der Waals surface area (Å²) in [5.41, 5.74) is -0.412. The first-order valence-corrected chi connectivity index (χ1v) is 59.2. The Bertz CT molecular complexity index is 5220. The summed E-state index contributed by atoms with van der Waals surface area (Å²) in [6, 6.07) is 9.09. The Balaban J connectivity index is 0.586. The van der Waals surface area contributed by atoms with Gasteiger partial charge in [0.05, 0.1) is 121 Å². The van der Waals surface area contributed by atoms with Gasteiger partial charge in [0.2, 0.25) is 17.7 Å². The zero-order valence-corrected chi connectivity index (χ0v) is 85.3. The average molecular weight is 2210 g/mol. The molecule has 0 bridgehead atoms. The number of benzene rings is 2. The van der Waals surface area contributed by atoms with E-state index in [1.807, 2.05) is 11.8 Å². The maximum Gasteiger partial charge on any atom is 0.472 e. The van der Waals surface area contributed by atoms with Crippen LogP contribution in [0.4, 0.5) is 4.79 Å². The monoisotopic (exact) mass is 2210 g/mol. The van der Waals surface area contributed by atoms with Gasteiger partial charge in [0.25, 0.3) is 11.8 Å². The molecule has 143 heavy (non-hydrogen) atoms. The Morgan fingerprint density at radius 2 is 1.03 bits per heavy atom. The molecular formula is C81H122N6O47P8S. The van der Waals surface area contributed by atoms with Gasteiger partial charge in [-0.05, 0) is 119 Å². The number of phenols is 1. The fourth-order valence-corrected chi connectivity index (χ4v) is 24.6. The van der Waals surface area contributed by atoms with Gasteiger partial charge in [-0.3, -0.25) is 102 Å². The number of carbonyl (C=O) groups excluding carboxylic acids is 7. The normalized spacial score (nSPS) is 27.2. The second-order valence-corrected chi connectivity index (χ2v) is 46.5. The van der Waals surface area contributed by atoms with Crippen molar-refractivity contribution < 1.29 is 221 Å². The van der Waals surface area contributed by atoms with Crippen molar-refractivity contribution in [2.24, 2.45) is 11.8 Å². The number of amides is 7. The van der Waals surface area contributed by atoms with E-state index in [-0.39, 0.29) is 143 Å². The minimum Gasteiger partial charge on any atom is -0.508 e. The number of phosphoric ester groups is 8. The van der Waals surface area contributed by atoms with Crippen molar-refractivity contribution in [3.63, 3.8) is 0 Å². The van der Waals surface area contributed by atoms with Crippen LogP contribution in [0, 0.1) is 11.8 Å². The minimum atomic E-state index is -5.29. The number of nitrogens with one attached hydrogen (secondary N) is 6. The fraction of sp³-hybridized carbons (Fsp3) is 0.667. The summed E-state index contributed by atoms with van der Waals surface area (Å²) >= 11 is 1.82. The summed E-state index contributed by atoms with van der Waals surface area (Å²) in [5.74, 6) is -4.89. The van der Waals surface area contributed by atoms with E-state index in [2.05, 4.69) is 31.9 Å². The van der Waals surface area contributed by atoms with Gasteiger partial charge >= 0.3 is 74.6 Å². The molecule has 22 atom stereocenters. The molecule has 5 saturated heterocycles. The molecule has 53 nitrogen and oxygen atoms in total. The molecule has 7 amide bonds. The minimum absolute atomic E-state index is 0.00963. The van der Waals surface area contributed by atoms with Crippen molar-refractivity contribution in [2.75, 3.05) is 131 Å². The number of phenolic OH excluding ortho intramolecular Hbond substituents is 1. The lowest BCUT2D eigenvalue weighted by atomic mass is 9.70. The number of unbranched alkanes of at least 4 members (excludes halogenated alkanes) is 7. The third-order valence-electron chi connectivity index (χ3n) is 23.1. The maximum atomic E-state index is 13.6. The number of aliphatic hydroxyl groups is 2. The first-order chi connectivity index (χ1) is 67.9. The molecule has 0 radical (unpaired) electrons. The lowest BCUT2D eigenvalue weighted by Crippen LogP contribution is -2.48. The molecule has 0 saturated carbocycles. The molecule has 22 unspecified atom stereocenters. The summed E-state index contributed by atoms with van der Waals surface area (Å²) in [7, 11) is -39.2. The number of aromatic hydroxyl groups is 1. The number of carbonyl (C=O) groups is 7. The fourth-order valence-electron chi connectivity index (χ4n) is 16.2. The summed E-state index contributed by atoms with van der Waals surface area (Å²) in [4.78, 5) is 174. The molecule has 9 aliphatic rings. The number of hydrogen-bond acceptors (Lipinski definition) is 40. The number of ether oxygens (including phenoxy) is 5. The highest BCUT2D eigenvalue weighted by Crippen LogP contribution is 2.59. The van der Waals surface area contributed by atoms with E-state index in [0.29, 0.717) is 80.7 Å². The van der Waals surface area contributed by atoms with Crippen molar-refractivity contribution in [1.82, 2.24) is 31.9 Å². The molecule has 0 aromatic heterocycles. The van der Waals surface area contributed by atoms with Gasteiger partial charge in [0, 0.05) is 111 Å². The van der Waals surface area contributed by atoms with Crippen molar-refractivity contribution >= 4 is 116 Å². The van der Waals surface area contributed by atoms with Crippen LogP contribution in [0.15, 0.2) is 84.2 Å². The van der Waals surface area contributed by atoms with Crippen LogP contribution in [0.3, 0.4) is 0 Å². The van der Waals surface area contributed by atoms with Crippen LogP contribution < -0.4 is 36.6 Å². The van der Waals surface area contributed by atoms with Crippen molar-refractivity contribution in [3.8, 4) is 11.5 Å². The van der Waals surface area contributed by atoms with Gasteiger partial charge in [-0.25, -0.2) is 46.1 Å². The van der Waals surface area contributed by atoms with E-state index in [1.54, 1.807) is 18.2 Å². The summed E-state index contributed by atoms with van der Waals surface area (Å²) in [5, 5.41) is 46.4. The first kappa shape index (κ1) is 117. The van der Waals surface area contributed by atoms with Crippen LogP contribution >= 0.6 is 74.3 Å². The average Bonchev–Trinajstić information content (AvgIpc) is 1.56. The van der Waals surface area contributed by atoms with Crippen molar-refractivity contribution in [1.29, 1.82) is 0 Å². The van der Waals surface area contributed by atoms with E-state index in [9.17, 15) is 119 Å². The second kappa shape index (κ2) is 55.3. The largest absolute Gasteiger partial charge is 0.508 e. The quantitative estimate of drug-likeness (QED) is 0.00756. The van der Waals surface area contributed by atoms with Gasteiger partial charge in [-0.15, -0.1) is 0 Å². The number of hydrogen-bond donors (Lipinski definition) is 17. The maximum absolute atomic E-state index is 13.6. The van der Waals surface area contributed by atoms with Crippen molar-refractivity contribution in [2.45, 2.75) is 200 Å². The smallest absolute Gasteiger partial charge is 0.472 e. The Morgan fingerprint density at radius 3 is 1.60 bits per heavy atom. The van der Waals surface area contributed by atoms with Gasteiger partial charge in [-0.2, -0.15) is 11.8 Å². The summed E-state index contributed by atoms with van der Waals surface area (Å²) in [6.45, 7) is -7.18. The molecule has 62 heteroatoms. The van der Waals surface area contributed by atoms with Crippen LogP contribution in [0.25, 0.3) is 0 Å². The number of fused-ring (bicyclic) bond motifs is 7. The molecular weight excluding hydrogens is 2090 g/mol. The Hall–Kier alpha value is -5.84. The van der Waals surface area contributed by atoms with Crippen LogP contribution in [-0.4, -0.2) is 293 Å². The number of imide groups is 1. The number of rotatable bonds is 67. The van der Waals surface area contributed by atoms with Gasteiger partial charge < -0.3 is 105 Å². The van der Waals surface area contributed by atoms with E-state index >= 15 is 0 Å². The number of allylic oxidation sites excluding steroid dienone is 1. The van der Waals surface area contributed by atoms with Crippen molar-refractivity contribution in [3.05, 3.63) is 106 Å². The van der Waals surface area contributed by atoms with Gasteiger partial charge in [0.15, 0.2) is 5.60 Å². The van der Waals surface area contributed by atoms with E-state index in [4.69, 9.17) is 101 Å². The van der Waals surface area contributed by atoms with E-state index < -0.39 is 244 Å². The number of thioether (sulfide) groups is 1. The second-order valence-electron chi connectivity index (χ2n) is 33.8. The molecule has 8 heterocycles. The lowest BCUT2D eigenvalue weighted by molar-refractivity contribution is -0.134. The standard InChI is InChI=1S/C81H122N6O47P8S/c88-31-11-33-124-140(108,109)132-63-26-42-115-70(63)50-128-142(112,113)133-64-27-43-114-69(64)49-126-138(104,105)122-39-13-36-120-137(102,103)121-38-15-41-125-141(110,111)134-68-48-65(129-71(68)51-127-139(106,107)123-40-14-37-119-136(100,101)118-35-12-34-117-135(98,99)116-32-10-4-3-8-28-82-73(91)17-6-5-16-72-75-62(52-143-72)85-80(97)86-75)58-44-53(77(94)87-78(58)95)19-25-74(92)83-29-7-1-2-9-30-84-76(93)54-18-22-57-61(45-54)81(131-79(57)96)59-23-20-55(89)46-66(59)130-67-47-56(90)21-24-60(67)81/h18-25,44-47,58-59,62-66,68-72,75,88-90H,1-17,26-43,48-52H2,(H,82,91)(H,83,92)(H,84,93)(H,98,99)(H,100,101)(H,102,103)(H,104,105)(H,106,107)(H,108,109)(H,110,111)(H,112,113)(H2,85,86,97)(H,87,94,95)/b25-19+. The van der Waals surface area contributed by atoms with Crippen LogP contribution in [0.1, 0.15) is 160 Å². The predicted molar refractivity (Wildman–Crippen MR) is 494 cm³/mol. The summed E-state index contributed by atoms with van der Waals surface area (Å²) < 4.78 is 212. The molecule has 2 aromatic rings. The molecule has 1 aliphatic carbocycles. The molecule has 5 fully saturated rings. The number of urea groups is 1. The zero-order valence-electron chi connectivity index (χ0n) is 77.3. The third-order valence-corrected chi connectivity index (χ3v) is 32.7. The zero-order chi connectivity index (χ0) is 103. The Labute approximate surface area is 825 Å². The predicted octanol–water partition coefficient (Wildman–Crippen LogP) is 7.61. The Morgan fingerprint density at radius 1 is 0.524 bits per heavy atom. The number of esters is 1. The van der Waals surface area contributed by atoms with Gasteiger partial charge in [-0.1, -0.05) is 44.3 Å². The lowest BCUT2D eigenvalue weighted by Gasteiger charge is -2.44. The molecule has 8 aliphatic heterocycles. The van der Waals surface area contributed by atoms with Crippen LogP contribution in [0.2, 0.25) is 0 Å². The number of aliphatic hydroxyl groups excluding tert-OH is 2. The van der Waals surface area contributed by atoms with Crippen LogP contribution in [0.5, 0.6) is 11.5 Å².